The zero-order valence-corrected chi connectivity index (χ0v) is 25.7. The van der Waals surface area contributed by atoms with Gasteiger partial charge in [0.2, 0.25) is 11.8 Å². The number of guanidine groups is 1. The molecule has 44 heavy (non-hydrogen) atoms. The third-order valence-corrected chi connectivity index (χ3v) is 9.88. The number of hydrogen-bond acceptors (Lipinski definition) is 11. The van der Waals surface area contributed by atoms with E-state index in [0.29, 0.717) is 33.6 Å². The molecule has 0 atom stereocenters. The summed E-state index contributed by atoms with van der Waals surface area (Å²) in [6.07, 6.45) is 3.45. The molecular formula is C30H32ClN9O3S. The van der Waals surface area contributed by atoms with Gasteiger partial charge in [-0.1, -0.05) is 60.6 Å². The molecule has 228 valence electrons. The van der Waals surface area contributed by atoms with Crippen LogP contribution in [0.1, 0.15) is 30.1 Å². The Labute approximate surface area is 262 Å². The summed E-state index contributed by atoms with van der Waals surface area (Å²) in [4.78, 5) is 38.2. The van der Waals surface area contributed by atoms with Crippen molar-refractivity contribution < 1.29 is 9.90 Å². The van der Waals surface area contributed by atoms with Crippen molar-refractivity contribution in [1.82, 2.24) is 24.7 Å². The molecule has 7 N–H and O–H groups in total. The summed E-state index contributed by atoms with van der Waals surface area (Å²) < 4.78 is 1.24. The van der Waals surface area contributed by atoms with E-state index in [1.807, 2.05) is 25.2 Å². The molecule has 0 spiro atoms. The van der Waals surface area contributed by atoms with Crippen LogP contribution in [0.4, 0.5) is 5.69 Å². The Balaban J connectivity index is 1.24. The number of carbonyl (C=O) groups excluding carboxylic acids is 1. The van der Waals surface area contributed by atoms with E-state index >= 15 is 0 Å². The van der Waals surface area contributed by atoms with E-state index in [1.165, 1.54) is 22.4 Å². The van der Waals surface area contributed by atoms with E-state index in [-0.39, 0.29) is 21.8 Å². The van der Waals surface area contributed by atoms with E-state index in [4.69, 9.17) is 23.1 Å². The van der Waals surface area contributed by atoms with E-state index < -0.39 is 22.9 Å². The van der Waals surface area contributed by atoms with Gasteiger partial charge < -0.3 is 26.8 Å². The molecule has 2 aromatic carbocycles. The molecule has 1 saturated heterocycles. The van der Waals surface area contributed by atoms with Gasteiger partial charge in [0.1, 0.15) is 5.03 Å². The third kappa shape index (κ3) is 5.38. The molecule has 0 radical (unpaired) electrons. The summed E-state index contributed by atoms with van der Waals surface area (Å²) in [5.74, 6) is -0.531. The number of aromatic nitrogens is 2. The average molecular weight is 634 g/mol. The Morgan fingerprint density at radius 1 is 1.18 bits per heavy atom. The SMILES string of the molecule is CN1NC(N2CCC(C)(CN)CC2)=NC(N)=C1Sc1cccc(NC(=O)c2c(O)nc3c4ccccc4ccn3c2=O)c1Cl. The number of nitrogens with zero attached hydrogens (tertiary/aromatic N) is 5. The van der Waals surface area contributed by atoms with Crippen molar-refractivity contribution >= 4 is 57.3 Å². The highest BCUT2D eigenvalue weighted by molar-refractivity contribution is 8.03. The number of aliphatic imine (C=N–C) groups is 1. The minimum atomic E-state index is -0.844. The third-order valence-electron chi connectivity index (χ3n) is 8.13. The van der Waals surface area contributed by atoms with E-state index in [2.05, 4.69) is 32.5 Å². The number of hydrogen-bond donors (Lipinski definition) is 5. The van der Waals surface area contributed by atoms with Crippen LogP contribution in [0.25, 0.3) is 16.4 Å². The number of anilines is 1. The van der Waals surface area contributed by atoms with E-state index in [9.17, 15) is 14.7 Å². The number of halogens is 1. The summed E-state index contributed by atoms with van der Waals surface area (Å²) in [6, 6.07) is 14.2. The highest BCUT2D eigenvalue weighted by atomic mass is 35.5. The lowest BCUT2D eigenvalue weighted by Gasteiger charge is -2.42. The lowest BCUT2D eigenvalue weighted by molar-refractivity contribution is 0.102. The quantitative estimate of drug-likeness (QED) is 0.205. The van der Waals surface area contributed by atoms with Crippen molar-refractivity contribution in [3.63, 3.8) is 0 Å². The first-order chi connectivity index (χ1) is 21.1. The van der Waals surface area contributed by atoms with Crippen LogP contribution in [-0.2, 0) is 0 Å². The second-order valence-electron chi connectivity index (χ2n) is 11.2. The van der Waals surface area contributed by atoms with Crippen molar-refractivity contribution in [2.24, 2.45) is 21.9 Å². The Bertz CT molecular complexity index is 1920. The molecule has 4 heterocycles. The van der Waals surface area contributed by atoms with Gasteiger partial charge in [0.25, 0.3) is 11.5 Å². The summed E-state index contributed by atoms with van der Waals surface area (Å²) in [5.41, 5.74) is 15.1. The molecule has 12 nitrogen and oxygen atoms in total. The molecule has 1 amide bonds. The zero-order chi connectivity index (χ0) is 31.2. The summed E-state index contributed by atoms with van der Waals surface area (Å²) >= 11 is 8.00. The van der Waals surface area contributed by atoms with Crippen LogP contribution >= 0.6 is 23.4 Å². The number of nitrogens with two attached hydrogens (primary N) is 2. The number of rotatable bonds is 5. The van der Waals surface area contributed by atoms with Crippen LogP contribution in [-0.4, -0.2) is 62.9 Å². The number of likely N-dealkylation sites (tertiary alicyclic amines) is 1. The topological polar surface area (TPSA) is 167 Å². The summed E-state index contributed by atoms with van der Waals surface area (Å²) in [6.45, 7) is 4.49. The minimum Gasteiger partial charge on any atom is -0.493 e. The number of piperidine rings is 1. The molecule has 2 aromatic heterocycles. The first kappa shape index (κ1) is 29.6. The first-order valence-electron chi connectivity index (χ1n) is 14.0. The largest absolute Gasteiger partial charge is 0.493 e. The van der Waals surface area contributed by atoms with Crippen molar-refractivity contribution in [1.29, 1.82) is 0 Å². The monoisotopic (exact) mass is 633 g/mol. The van der Waals surface area contributed by atoms with Crippen molar-refractivity contribution in [3.8, 4) is 5.88 Å². The van der Waals surface area contributed by atoms with Crippen LogP contribution in [0.15, 0.2) is 80.3 Å². The summed E-state index contributed by atoms with van der Waals surface area (Å²) in [5, 5.41) is 17.5. The highest BCUT2D eigenvalue weighted by Crippen LogP contribution is 2.39. The number of benzene rings is 2. The Hall–Kier alpha value is -4.46. The highest BCUT2D eigenvalue weighted by Gasteiger charge is 2.32. The van der Waals surface area contributed by atoms with Crippen LogP contribution in [0.3, 0.4) is 0 Å². The molecular weight excluding hydrogens is 602 g/mol. The van der Waals surface area contributed by atoms with Crippen LogP contribution in [0.5, 0.6) is 5.88 Å². The maximum atomic E-state index is 13.3. The normalized spacial score (nSPS) is 16.7. The summed E-state index contributed by atoms with van der Waals surface area (Å²) in [7, 11) is 1.84. The number of pyridine rings is 1. The van der Waals surface area contributed by atoms with Crippen molar-refractivity contribution in [2.45, 2.75) is 24.7 Å². The number of fused-ring (bicyclic) bond motifs is 3. The van der Waals surface area contributed by atoms with Crippen LogP contribution < -0.4 is 27.8 Å². The lowest BCUT2D eigenvalue weighted by atomic mass is 9.81. The minimum absolute atomic E-state index is 0.129. The maximum absolute atomic E-state index is 13.3. The fourth-order valence-electron chi connectivity index (χ4n) is 5.31. The molecule has 4 aromatic rings. The van der Waals surface area contributed by atoms with Gasteiger partial charge in [0.05, 0.1) is 10.7 Å². The molecule has 0 bridgehead atoms. The molecule has 14 heteroatoms. The Morgan fingerprint density at radius 2 is 1.93 bits per heavy atom. The number of amides is 1. The smallest absolute Gasteiger partial charge is 0.274 e. The predicted molar refractivity (Wildman–Crippen MR) is 173 cm³/mol. The second-order valence-corrected chi connectivity index (χ2v) is 12.6. The average Bonchev–Trinajstić information content (AvgIpc) is 3.01. The number of hydrazine groups is 1. The maximum Gasteiger partial charge on any atom is 0.274 e. The van der Waals surface area contributed by atoms with Gasteiger partial charge in [0.15, 0.2) is 17.0 Å². The molecule has 6 rings (SSSR count). The van der Waals surface area contributed by atoms with E-state index in [1.54, 1.807) is 35.3 Å². The van der Waals surface area contributed by atoms with Crippen LogP contribution in [0.2, 0.25) is 5.02 Å². The molecule has 2 aliphatic rings. The standard InChI is InChI=1S/C30H32ClN9O3S/c1-30(16-32)11-14-39(15-12-30)29-35-23(33)28(38(2)37-29)44-20-9-5-8-19(22(20)31)34-25(41)21-26(42)36-24-18-7-4-3-6-17(18)10-13-40(24)27(21)43/h3-10,13,42H,11-12,14-16,32-33H2,1-2H3,(H,34,41)(H,35,37). The van der Waals surface area contributed by atoms with Gasteiger partial charge in [0, 0.05) is 36.6 Å². The Kier molecular flexibility index (Phi) is 7.78. The van der Waals surface area contributed by atoms with Gasteiger partial charge in [-0.25, -0.2) is 0 Å². The molecule has 0 aliphatic carbocycles. The van der Waals surface area contributed by atoms with Gasteiger partial charge in [-0.05, 0) is 48.4 Å². The van der Waals surface area contributed by atoms with Crippen LogP contribution in [0, 0.1) is 5.41 Å². The number of thioether (sulfide) groups is 1. The zero-order valence-electron chi connectivity index (χ0n) is 24.2. The van der Waals surface area contributed by atoms with Gasteiger partial charge in [-0.3, -0.25) is 24.4 Å². The number of aromatic hydroxyl groups is 1. The molecule has 0 saturated carbocycles. The van der Waals surface area contributed by atoms with Gasteiger partial charge in [-0.2, -0.15) is 9.98 Å². The molecule has 0 unspecified atom stereocenters. The van der Waals surface area contributed by atoms with Crippen molar-refractivity contribution in [3.05, 3.63) is 86.5 Å². The van der Waals surface area contributed by atoms with Gasteiger partial charge >= 0.3 is 0 Å². The lowest BCUT2D eigenvalue weighted by Crippen LogP contribution is -2.54. The first-order valence-corrected chi connectivity index (χ1v) is 15.2. The molecule has 1 fully saturated rings. The number of carbonyl (C=O) groups is 1. The fourth-order valence-corrected chi connectivity index (χ4v) is 6.49. The Morgan fingerprint density at radius 3 is 2.66 bits per heavy atom. The van der Waals surface area contributed by atoms with E-state index in [0.717, 1.165) is 31.3 Å². The van der Waals surface area contributed by atoms with Gasteiger partial charge in [-0.15, -0.1) is 0 Å². The predicted octanol–water partition coefficient (Wildman–Crippen LogP) is 3.50. The fraction of sp³-hybridized carbons (Fsp3) is 0.267. The second kappa shape index (κ2) is 11.6. The molecule has 2 aliphatic heterocycles. The number of nitrogens with one attached hydrogen (secondary N) is 2. The van der Waals surface area contributed by atoms with Crippen molar-refractivity contribution in [2.75, 3.05) is 32.0 Å².